The molecule has 1 amide bonds. The molecule has 0 saturated carbocycles. The lowest BCUT2D eigenvalue weighted by molar-refractivity contribution is -0.136. The van der Waals surface area contributed by atoms with Crippen LogP contribution in [0.4, 0.5) is 0 Å². The Balaban J connectivity index is 1.80. The molecule has 2 unspecified atom stereocenters. The van der Waals surface area contributed by atoms with Crippen LogP contribution in [0.2, 0.25) is 5.02 Å². The maximum Gasteiger partial charge on any atom is 0.232 e. The molecule has 0 aromatic heterocycles. The normalized spacial score (nSPS) is 25.8. The molecule has 2 bridgehead atoms. The monoisotopic (exact) mass is 306 g/mol. The average Bonchev–Trinajstić information content (AvgIpc) is 2.77. The standard InChI is InChI=1S/C17H23ClN2O/c1-17(2,12-4-3-5-13(18)10-12)16(21)20-9-8-14-6-7-15(11-20)19-14/h3-5,10,14-15,19H,6-9,11H2,1-2H3. The second kappa shape index (κ2) is 5.62. The maximum atomic E-state index is 13.0. The highest BCUT2D eigenvalue weighted by Gasteiger charge is 2.38. The number of amides is 1. The lowest BCUT2D eigenvalue weighted by Crippen LogP contribution is -2.47. The quantitative estimate of drug-likeness (QED) is 0.911. The molecular weight excluding hydrogens is 284 g/mol. The summed E-state index contributed by atoms with van der Waals surface area (Å²) in [6.07, 6.45) is 3.50. The third kappa shape index (κ3) is 2.95. The molecule has 114 valence electrons. The molecule has 2 atom stereocenters. The molecule has 2 fully saturated rings. The fourth-order valence-electron chi connectivity index (χ4n) is 3.52. The van der Waals surface area contributed by atoms with Gasteiger partial charge >= 0.3 is 0 Å². The Morgan fingerprint density at radius 2 is 2.05 bits per heavy atom. The first-order chi connectivity index (χ1) is 9.96. The summed E-state index contributed by atoms with van der Waals surface area (Å²) in [5.74, 6) is 0.208. The zero-order chi connectivity index (χ0) is 15.0. The lowest BCUT2D eigenvalue weighted by Gasteiger charge is -2.33. The van der Waals surface area contributed by atoms with E-state index in [4.69, 9.17) is 11.6 Å². The number of carbonyl (C=O) groups excluding carboxylic acids is 1. The van der Waals surface area contributed by atoms with Crippen LogP contribution in [-0.2, 0) is 10.2 Å². The van der Waals surface area contributed by atoms with Crippen molar-refractivity contribution in [1.82, 2.24) is 10.2 Å². The van der Waals surface area contributed by atoms with E-state index in [9.17, 15) is 4.79 Å². The fourth-order valence-corrected chi connectivity index (χ4v) is 3.71. The highest BCUT2D eigenvalue weighted by Crippen LogP contribution is 2.30. The van der Waals surface area contributed by atoms with Gasteiger partial charge in [-0.3, -0.25) is 4.79 Å². The molecule has 2 aliphatic heterocycles. The molecule has 4 heteroatoms. The second-order valence-electron chi connectivity index (χ2n) is 6.81. The summed E-state index contributed by atoms with van der Waals surface area (Å²) < 4.78 is 0. The molecule has 2 heterocycles. The van der Waals surface area contributed by atoms with Crippen LogP contribution in [-0.4, -0.2) is 36.0 Å². The van der Waals surface area contributed by atoms with Gasteiger partial charge < -0.3 is 10.2 Å². The average molecular weight is 307 g/mol. The van der Waals surface area contributed by atoms with E-state index in [0.717, 1.165) is 25.1 Å². The van der Waals surface area contributed by atoms with Gasteiger partial charge in [-0.05, 0) is 50.8 Å². The number of fused-ring (bicyclic) bond motifs is 2. The van der Waals surface area contributed by atoms with Crippen LogP contribution < -0.4 is 5.32 Å². The molecular formula is C17H23ClN2O. The van der Waals surface area contributed by atoms with Crippen LogP contribution in [0.5, 0.6) is 0 Å². The van der Waals surface area contributed by atoms with Crippen molar-refractivity contribution >= 4 is 17.5 Å². The second-order valence-corrected chi connectivity index (χ2v) is 7.25. The van der Waals surface area contributed by atoms with E-state index < -0.39 is 5.41 Å². The van der Waals surface area contributed by atoms with Crippen LogP contribution in [0.25, 0.3) is 0 Å². The third-order valence-corrected chi connectivity index (χ3v) is 5.13. The number of rotatable bonds is 2. The predicted octanol–water partition coefficient (Wildman–Crippen LogP) is 2.97. The van der Waals surface area contributed by atoms with Crippen molar-refractivity contribution in [2.24, 2.45) is 0 Å². The molecule has 0 aliphatic carbocycles. The van der Waals surface area contributed by atoms with Crippen LogP contribution in [0.3, 0.4) is 0 Å². The van der Waals surface area contributed by atoms with Gasteiger partial charge in [-0.15, -0.1) is 0 Å². The smallest absolute Gasteiger partial charge is 0.232 e. The van der Waals surface area contributed by atoms with Gasteiger partial charge in [-0.1, -0.05) is 23.7 Å². The number of nitrogens with one attached hydrogen (secondary N) is 1. The topological polar surface area (TPSA) is 32.3 Å². The van der Waals surface area contributed by atoms with Gasteiger partial charge in [0.05, 0.1) is 5.41 Å². The Labute approximate surface area is 131 Å². The number of benzene rings is 1. The summed E-state index contributed by atoms with van der Waals surface area (Å²) in [5.41, 5.74) is 0.455. The minimum atomic E-state index is -0.533. The summed E-state index contributed by atoms with van der Waals surface area (Å²) in [6.45, 7) is 5.69. The number of likely N-dealkylation sites (tertiary alicyclic amines) is 1. The SMILES string of the molecule is CC(C)(C(=O)N1CCC2CCC(C1)N2)c1cccc(Cl)c1. The molecule has 0 radical (unpaired) electrons. The van der Waals surface area contributed by atoms with Gasteiger partial charge in [0.15, 0.2) is 0 Å². The first-order valence-electron chi connectivity index (χ1n) is 7.78. The Hall–Kier alpha value is -1.06. The maximum absolute atomic E-state index is 13.0. The summed E-state index contributed by atoms with van der Waals surface area (Å²) in [4.78, 5) is 15.1. The minimum Gasteiger partial charge on any atom is -0.340 e. The molecule has 2 saturated heterocycles. The highest BCUT2D eigenvalue weighted by atomic mass is 35.5. The highest BCUT2D eigenvalue weighted by molar-refractivity contribution is 6.30. The van der Waals surface area contributed by atoms with Gasteiger partial charge in [0.25, 0.3) is 0 Å². The van der Waals surface area contributed by atoms with Crippen molar-refractivity contribution in [3.05, 3.63) is 34.9 Å². The number of hydrogen-bond donors (Lipinski definition) is 1. The van der Waals surface area contributed by atoms with E-state index in [1.54, 1.807) is 0 Å². The molecule has 0 spiro atoms. The molecule has 3 nitrogen and oxygen atoms in total. The van der Waals surface area contributed by atoms with Gasteiger partial charge in [0, 0.05) is 30.2 Å². The third-order valence-electron chi connectivity index (χ3n) is 4.89. The predicted molar refractivity (Wildman–Crippen MR) is 85.6 cm³/mol. The Morgan fingerprint density at radius 1 is 1.29 bits per heavy atom. The van der Waals surface area contributed by atoms with E-state index in [-0.39, 0.29) is 5.91 Å². The van der Waals surface area contributed by atoms with Crippen molar-refractivity contribution in [3.63, 3.8) is 0 Å². The summed E-state index contributed by atoms with van der Waals surface area (Å²) >= 11 is 6.08. The van der Waals surface area contributed by atoms with Gasteiger partial charge in [0.1, 0.15) is 0 Å². The van der Waals surface area contributed by atoms with Crippen LogP contribution >= 0.6 is 11.6 Å². The number of carbonyl (C=O) groups is 1. The fraction of sp³-hybridized carbons (Fsp3) is 0.588. The number of nitrogens with zero attached hydrogens (tertiary/aromatic N) is 1. The number of hydrogen-bond acceptors (Lipinski definition) is 2. The summed E-state index contributed by atoms with van der Waals surface area (Å²) in [7, 11) is 0. The van der Waals surface area contributed by atoms with Crippen molar-refractivity contribution in [2.45, 2.75) is 50.6 Å². The zero-order valence-electron chi connectivity index (χ0n) is 12.7. The van der Waals surface area contributed by atoms with Crippen LogP contribution in [0.1, 0.15) is 38.7 Å². The van der Waals surface area contributed by atoms with Gasteiger partial charge in [-0.2, -0.15) is 0 Å². The Bertz CT molecular complexity index is 543. The van der Waals surface area contributed by atoms with E-state index in [1.165, 1.54) is 12.8 Å². The van der Waals surface area contributed by atoms with Crippen LogP contribution in [0, 0.1) is 0 Å². The molecule has 21 heavy (non-hydrogen) atoms. The van der Waals surface area contributed by atoms with Gasteiger partial charge in [-0.25, -0.2) is 0 Å². The van der Waals surface area contributed by atoms with Crippen molar-refractivity contribution in [2.75, 3.05) is 13.1 Å². The van der Waals surface area contributed by atoms with E-state index in [1.807, 2.05) is 43.0 Å². The molecule has 1 aromatic rings. The van der Waals surface area contributed by atoms with Crippen molar-refractivity contribution in [3.8, 4) is 0 Å². The Morgan fingerprint density at radius 3 is 2.81 bits per heavy atom. The largest absolute Gasteiger partial charge is 0.340 e. The van der Waals surface area contributed by atoms with Crippen molar-refractivity contribution < 1.29 is 4.79 Å². The molecule has 2 aliphatic rings. The van der Waals surface area contributed by atoms with Crippen molar-refractivity contribution in [1.29, 1.82) is 0 Å². The lowest BCUT2D eigenvalue weighted by atomic mass is 9.83. The van der Waals surface area contributed by atoms with Crippen LogP contribution in [0.15, 0.2) is 24.3 Å². The summed E-state index contributed by atoms with van der Waals surface area (Å²) in [5, 5.41) is 4.31. The summed E-state index contributed by atoms with van der Waals surface area (Å²) in [6, 6.07) is 8.73. The Kier molecular flexibility index (Phi) is 3.98. The van der Waals surface area contributed by atoms with E-state index >= 15 is 0 Å². The molecule has 3 rings (SSSR count). The zero-order valence-corrected chi connectivity index (χ0v) is 13.5. The first kappa shape index (κ1) is 14.9. The number of halogens is 1. The molecule has 1 N–H and O–H groups in total. The van der Waals surface area contributed by atoms with E-state index in [0.29, 0.717) is 17.1 Å². The van der Waals surface area contributed by atoms with Gasteiger partial charge in [0.2, 0.25) is 5.91 Å². The minimum absolute atomic E-state index is 0.208. The van der Waals surface area contributed by atoms with E-state index in [2.05, 4.69) is 5.32 Å². The molecule has 1 aromatic carbocycles. The first-order valence-corrected chi connectivity index (χ1v) is 8.16.